The Morgan fingerprint density at radius 1 is 1.50 bits per heavy atom. The molecule has 1 heterocycles. The van der Waals surface area contributed by atoms with Crippen LogP contribution in [-0.2, 0) is 6.54 Å². The van der Waals surface area contributed by atoms with Crippen molar-refractivity contribution >= 4 is 11.6 Å². The van der Waals surface area contributed by atoms with Crippen molar-refractivity contribution < 1.29 is 5.11 Å². The van der Waals surface area contributed by atoms with Gasteiger partial charge >= 0.3 is 0 Å². The van der Waals surface area contributed by atoms with E-state index in [1.165, 1.54) is 0 Å². The maximum Gasteiger partial charge on any atom is 0.0667 e. The lowest BCUT2D eigenvalue weighted by Crippen LogP contribution is -2.27. The van der Waals surface area contributed by atoms with Crippen molar-refractivity contribution in [1.29, 1.82) is 0 Å². The fourth-order valence-corrected chi connectivity index (χ4v) is 1.73. The van der Waals surface area contributed by atoms with Crippen LogP contribution in [0.25, 0.3) is 0 Å². The number of hydrogen-bond donors (Lipinski definition) is 2. The summed E-state index contributed by atoms with van der Waals surface area (Å²) in [6.45, 7) is 5.46. The number of rotatable bonds is 6. The summed E-state index contributed by atoms with van der Waals surface area (Å²) in [6, 6.07) is 1.88. The van der Waals surface area contributed by atoms with Gasteiger partial charge in [0.05, 0.1) is 11.1 Å². The van der Waals surface area contributed by atoms with Crippen molar-refractivity contribution in [1.82, 2.24) is 10.3 Å². The third-order valence-electron chi connectivity index (χ3n) is 2.30. The van der Waals surface area contributed by atoms with Gasteiger partial charge in [-0.2, -0.15) is 0 Å². The minimum absolute atomic E-state index is 0.291. The first-order chi connectivity index (χ1) is 7.59. The van der Waals surface area contributed by atoms with Gasteiger partial charge in [0.15, 0.2) is 0 Å². The summed E-state index contributed by atoms with van der Waals surface area (Å²) < 4.78 is 0. The maximum atomic E-state index is 9.66. The van der Waals surface area contributed by atoms with E-state index in [0.29, 0.717) is 24.0 Å². The molecule has 2 N–H and O–H groups in total. The van der Waals surface area contributed by atoms with E-state index >= 15 is 0 Å². The molecule has 1 aromatic heterocycles. The summed E-state index contributed by atoms with van der Waals surface area (Å²) in [5, 5.41) is 13.5. The summed E-state index contributed by atoms with van der Waals surface area (Å²) in [7, 11) is 0. The number of aromatic nitrogens is 1. The Hall–Kier alpha value is -0.640. The van der Waals surface area contributed by atoms with Gasteiger partial charge in [-0.1, -0.05) is 25.4 Å². The van der Waals surface area contributed by atoms with Gasteiger partial charge in [0.1, 0.15) is 0 Å². The molecule has 0 saturated carbocycles. The second-order valence-electron chi connectivity index (χ2n) is 4.38. The zero-order chi connectivity index (χ0) is 12.0. The standard InChI is InChI=1S/C12H19ClN2O/c1-9(2)5-11(16)7-15-6-10-3-4-14-8-12(10)13/h3-4,8-9,11,15-16H,5-7H2,1-2H3. The molecule has 16 heavy (non-hydrogen) atoms. The number of halogens is 1. The van der Waals surface area contributed by atoms with Crippen LogP contribution in [0, 0.1) is 5.92 Å². The molecular formula is C12H19ClN2O. The van der Waals surface area contributed by atoms with E-state index < -0.39 is 0 Å². The highest BCUT2D eigenvalue weighted by Crippen LogP contribution is 2.12. The van der Waals surface area contributed by atoms with Gasteiger partial charge in [-0.25, -0.2) is 0 Å². The molecule has 0 spiro atoms. The number of aliphatic hydroxyl groups excluding tert-OH is 1. The normalized spacial score (nSPS) is 13.1. The zero-order valence-electron chi connectivity index (χ0n) is 9.78. The Morgan fingerprint density at radius 3 is 2.88 bits per heavy atom. The first kappa shape index (κ1) is 13.4. The smallest absolute Gasteiger partial charge is 0.0667 e. The van der Waals surface area contributed by atoms with Crippen LogP contribution in [0.2, 0.25) is 5.02 Å². The van der Waals surface area contributed by atoms with Crippen LogP contribution >= 0.6 is 11.6 Å². The highest BCUT2D eigenvalue weighted by atomic mass is 35.5. The summed E-state index contributed by atoms with van der Waals surface area (Å²) in [5.41, 5.74) is 1.01. The molecule has 3 nitrogen and oxygen atoms in total. The molecule has 90 valence electrons. The van der Waals surface area contributed by atoms with E-state index in [2.05, 4.69) is 24.1 Å². The first-order valence-electron chi connectivity index (χ1n) is 5.56. The van der Waals surface area contributed by atoms with Gasteiger partial charge in [-0.05, 0) is 24.0 Å². The Labute approximate surface area is 102 Å². The number of aliphatic hydroxyl groups is 1. The van der Waals surface area contributed by atoms with Crippen LogP contribution in [0.5, 0.6) is 0 Å². The molecule has 0 fully saturated rings. The van der Waals surface area contributed by atoms with Gasteiger partial charge in [0.2, 0.25) is 0 Å². The maximum absolute atomic E-state index is 9.66. The summed E-state index contributed by atoms with van der Waals surface area (Å²) in [4.78, 5) is 3.92. The van der Waals surface area contributed by atoms with Gasteiger partial charge < -0.3 is 10.4 Å². The Kier molecular flexibility index (Phi) is 5.74. The van der Waals surface area contributed by atoms with Crippen LogP contribution in [0.15, 0.2) is 18.5 Å². The van der Waals surface area contributed by atoms with E-state index in [-0.39, 0.29) is 6.10 Å². The molecule has 1 unspecified atom stereocenters. The largest absolute Gasteiger partial charge is 0.392 e. The van der Waals surface area contributed by atoms with E-state index in [1.54, 1.807) is 12.4 Å². The lowest BCUT2D eigenvalue weighted by Gasteiger charge is -2.14. The third-order valence-corrected chi connectivity index (χ3v) is 2.64. The van der Waals surface area contributed by atoms with Crippen LogP contribution in [0.4, 0.5) is 0 Å². The van der Waals surface area contributed by atoms with Gasteiger partial charge in [0.25, 0.3) is 0 Å². The van der Waals surface area contributed by atoms with Crippen molar-refractivity contribution in [2.24, 2.45) is 5.92 Å². The molecule has 0 amide bonds. The van der Waals surface area contributed by atoms with Crippen molar-refractivity contribution in [3.63, 3.8) is 0 Å². The number of nitrogens with zero attached hydrogens (tertiary/aromatic N) is 1. The van der Waals surface area contributed by atoms with Crippen LogP contribution < -0.4 is 5.32 Å². The van der Waals surface area contributed by atoms with Crippen molar-refractivity contribution in [2.75, 3.05) is 6.54 Å². The monoisotopic (exact) mass is 242 g/mol. The molecule has 0 saturated heterocycles. The number of pyridine rings is 1. The molecule has 0 radical (unpaired) electrons. The van der Waals surface area contributed by atoms with Crippen LogP contribution in [-0.4, -0.2) is 22.7 Å². The molecule has 1 rings (SSSR count). The van der Waals surface area contributed by atoms with Crippen molar-refractivity contribution in [2.45, 2.75) is 32.9 Å². The fraction of sp³-hybridized carbons (Fsp3) is 0.583. The molecule has 0 bridgehead atoms. The summed E-state index contributed by atoms with van der Waals surface area (Å²) >= 11 is 5.96. The first-order valence-corrected chi connectivity index (χ1v) is 5.94. The van der Waals surface area contributed by atoms with Crippen molar-refractivity contribution in [3.8, 4) is 0 Å². The minimum Gasteiger partial charge on any atom is -0.392 e. The van der Waals surface area contributed by atoms with E-state index in [9.17, 15) is 5.11 Å². The van der Waals surface area contributed by atoms with E-state index in [4.69, 9.17) is 11.6 Å². The third kappa shape index (κ3) is 4.92. The average molecular weight is 243 g/mol. The molecule has 1 atom stereocenters. The summed E-state index contributed by atoms with van der Waals surface area (Å²) in [6.07, 6.45) is 3.87. The minimum atomic E-state index is -0.291. The molecular weight excluding hydrogens is 224 g/mol. The van der Waals surface area contributed by atoms with Crippen LogP contribution in [0.3, 0.4) is 0 Å². The predicted molar refractivity (Wildman–Crippen MR) is 66.4 cm³/mol. The second kappa shape index (κ2) is 6.84. The Balaban J connectivity index is 2.28. The molecule has 0 aromatic carbocycles. The van der Waals surface area contributed by atoms with E-state index in [1.807, 2.05) is 6.07 Å². The van der Waals surface area contributed by atoms with Gasteiger partial charge in [0, 0.05) is 25.5 Å². The molecule has 0 aliphatic rings. The lowest BCUT2D eigenvalue weighted by molar-refractivity contribution is 0.146. The van der Waals surface area contributed by atoms with Crippen molar-refractivity contribution in [3.05, 3.63) is 29.0 Å². The average Bonchev–Trinajstić information content (AvgIpc) is 2.19. The zero-order valence-corrected chi connectivity index (χ0v) is 10.5. The highest BCUT2D eigenvalue weighted by Gasteiger charge is 2.06. The lowest BCUT2D eigenvalue weighted by atomic mass is 10.1. The second-order valence-corrected chi connectivity index (χ2v) is 4.79. The summed E-state index contributed by atoms with van der Waals surface area (Å²) in [5.74, 6) is 0.515. The molecule has 0 aliphatic carbocycles. The molecule has 0 aliphatic heterocycles. The SMILES string of the molecule is CC(C)CC(O)CNCc1ccncc1Cl. The molecule has 4 heteroatoms. The topological polar surface area (TPSA) is 45.1 Å². The Morgan fingerprint density at radius 2 is 2.25 bits per heavy atom. The quantitative estimate of drug-likeness (QED) is 0.804. The predicted octanol–water partition coefficient (Wildman–Crippen LogP) is 2.23. The highest BCUT2D eigenvalue weighted by molar-refractivity contribution is 6.31. The number of nitrogens with one attached hydrogen (secondary N) is 1. The Bertz CT molecular complexity index is 318. The van der Waals surface area contributed by atoms with Gasteiger partial charge in [-0.15, -0.1) is 0 Å². The fourth-order valence-electron chi connectivity index (χ4n) is 1.55. The van der Waals surface area contributed by atoms with Crippen LogP contribution in [0.1, 0.15) is 25.8 Å². The van der Waals surface area contributed by atoms with Gasteiger partial charge in [-0.3, -0.25) is 4.98 Å². The molecule has 1 aromatic rings. The number of hydrogen-bond acceptors (Lipinski definition) is 3. The van der Waals surface area contributed by atoms with E-state index in [0.717, 1.165) is 12.0 Å².